The van der Waals surface area contributed by atoms with Crippen molar-refractivity contribution in [2.75, 3.05) is 0 Å². The molecule has 14 nitrogen and oxygen atoms in total. The van der Waals surface area contributed by atoms with Crippen LogP contribution in [0.25, 0.3) is 0 Å². The average molecular weight is 805 g/mol. The Bertz CT molecular complexity index is 1070. The molecule has 0 saturated heterocycles. The van der Waals surface area contributed by atoms with Gasteiger partial charge in [0.2, 0.25) is 0 Å². The highest BCUT2D eigenvalue weighted by atomic mass is 16.6. The summed E-state index contributed by atoms with van der Waals surface area (Å²) in [7, 11) is 0. The zero-order valence-corrected chi connectivity index (χ0v) is 35.0. The molecule has 0 aliphatic heterocycles. The Balaban J connectivity index is 5.57. The summed E-state index contributed by atoms with van der Waals surface area (Å²) in [5, 5.41) is 50.8. The lowest BCUT2D eigenvalue weighted by molar-refractivity contribution is -0.161. The molecule has 328 valence electrons. The van der Waals surface area contributed by atoms with Gasteiger partial charge in [-0.15, -0.1) is 0 Å². The van der Waals surface area contributed by atoms with E-state index in [1.807, 2.05) is 20.8 Å². The van der Waals surface area contributed by atoms with E-state index in [2.05, 4.69) is 6.92 Å². The minimum Gasteiger partial charge on any atom is -0.481 e. The lowest BCUT2D eigenvalue weighted by Crippen LogP contribution is -2.32. The van der Waals surface area contributed by atoms with Gasteiger partial charge in [-0.2, -0.15) is 0 Å². The highest BCUT2D eigenvalue weighted by Gasteiger charge is 2.29. The molecule has 0 rings (SSSR count). The molecular weight excluding hydrogens is 728 g/mol. The number of aliphatic hydroxyl groups excluding tert-OH is 4. The summed E-state index contributed by atoms with van der Waals surface area (Å²) in [4.78, 5) is 62.1. The van der Waals surface area contributed by atoms with Gasteiger partial charge in [0.25, 0.3) is 0 Å². The Morgan fingerprint density at radius 1 is 0.411 bits per heavy atom. The van der Waals surface area contributed by atoms with Gasteiger partial charge in [-0.3, -0.25) is 24.0 Å². The van der Waals surface area contributed by atoms with E-state index in [1.165, 1.54) is 6.92 Å². The molecule has 0 aliphatic rings. The number of esters is 4. The van der Waals surface area contributed by atoms with Crippen molar-refractivity contribution in [1.82, 2.24) is 0 Å². The van der Waals surface area contributed by atoms with E-state index in [0.717, 1.165) is 64.2 Å². The van der Waals surface area contributed by atoms with Crippen molar-refractivity contribution in [3.8, 4) is 0 Å². The molecule has 8 unspecified atom stereocenters. The fourth-order valence-corrected chi connectivity index (χ4v) is 6.63. The minimum absolute atomic E-state index is 0.00471. The van der Waals surface area contributed by atoms with Gasteiger partial charge >= 0.3 is 29.8 Å². The van der Waals surface area contributed by atoms with Gasteiger partial charge in [-0.1, -0.05) is 85.5 Å². The predicted octanol–water partition coefficient (Wildman–Crippen LogP) is 6.62. The molecule has 0 bridgehead atoms. The second-order valence-electron chi connectivity index (χ2n) is 15.3. The maximum Gasteiger partial charge on any atom is 0.309 e. The van der Waals surface area contributed by atoms with Gasteiger partial charge in [-0.25, -0.2) is 0 Å². The molecule has 8 atom stereocenters. The number of carboxylic acids is 1. The number of carboxylic acid groups (broad SMARTS) is 1. The Labute approximate surface area is 335 Å². The third-order valence-corrected chi connectivity index (χ3v) is 9.51. The van der Waals surface area contributed by atoms with E-state index in [1.54, 1.807) is 0 Å². The Hall–Kier alpha value is -2.81. The van der Waals surface area contributed by atoms with Gasteiger partial charge in [-0.05, 0) is 51.4 Å². The van der Waals surface area contributed by atoms with E-state index in [4.69, 9.17) is 24.1 Å². The van der Waals surface area contributed by atoms with Gasteiger partial charge in [0.05, 0.1) is 50.1 Å². The standard InChI is InChI=1S/C42H76O14/c1-6-10-14-18-31(44)22-32(45)26-40(50)54-36(20-16-12-8-3)24-34(47)27-41(51)56-37(21-17-13-9-4)28-38(53-30(5)43)29-42(52)55-35(19-15-11-7-2)23-33(46)25-39(48)49/h31-38,44-47H,6-29H2,1-5H3,(H,48,49). The number of ether oxygens (including phenoxy) is 4. The van der Waals surface area contributed by atoms with Gasteiger partial charge in [0.15, 0.2) is 0 Å². The predicted molar refractivity (Wildman–Crippen MR) is 210 cm³/mol. The van der Waals surface area contributed by atoms with Crippen LogP contribution in [0.4, 0.5) is 0 Å². The van der Waals surface area contributed by atoms with Crippen LogP contribution in [0.2, 0.25) is 0 Å². The maximum atomic E-state index is 13.2. The molecule has 0 aliphatic carbocycles. The minimum atomic E-state index is -1.20. The first kappa shape index (κ1) is 53.2. The average Bonchev–Trinajstić information content (AvgIpc) is 3.07. The third-order valence-electron chi connectivity index (χ3n) is 9.51. The van der Waals surface area contributed by atoms with Crippen LogP contribution in [0.1, 0.15) is 189 Å². The summed E-state index contributed by atoms with van der Waals surface area (Å²) in [6, 6.07) is 0. The number of unbranched alkanes of at least 4 members (excludes halogenated alkanes) is 8. The number of carbonyl (C=O) groups is 5. The third kappa shape index (κ3) is 30.3. The monoisotopic (exact) mass is 805 g/mol. The SMILES string of the molecule is CCCCCC(O)CC(O)CC(=O)OC(CCCCC)CC(O)CC(=O)OC(CCCCC)CC(CC(=O)OC(CCCCC)CC(O)CC(=O)O)OC(C)=O. The van der Waals surface area contributed by atoms with Crippen molar-refractivity contribution in [2.45, 2.75) is 238 Å². The topological polar surface area (TPSA) is 223 Å². The van der Waals surface area contributed by atoms with Crippen LogP contribution in [0.5, 0.6) is 0 Å². The molecule has 0 radical (unpaired) electrons. The van der Waals surface area contributed by atoms with Crippen LogP contribution >= 0.6 is 0 Å². The Kier molecular flexibility index (Phi) is 31.5. The first-order valence-corrected chi connectivity index (χ1v) is 21.3. The normalized spacial score (nSPS) is 15.7. The van der Waals surface area contributed by atoms with Crippen LogP contribution in [0, 0.1) is 0 Å². The molecule has 0 saturated carbocycles. The number of aliphatic hydroxyl groups is 4. The molecular formula is C42H76O14. The van der Waals surface area contributed by atoms with E-state index in [9.17, 15) is 44.4 Å². The largest absolute Gasteiger partial charge is 0.481 e. The summed E-state index contributed by atoms with van der Waals surface area (Å²) in [5.74, 6) is -3.88. The highest BCUT2D eigenvalue weighted by Crippen LogP contribution is 2.22. The number of hydrogen-bond donors (Lipinski definition) is 5. The lowest BCUT2D eigenvalue weighted by atomic mass is 10.0. The van der Waals surface area contributed by atoms with Crippen LogP contribution in [0.3, 0.4) is 0 Å². The van der Waals surface area contributed by atoms with Crippen molar-refractivity contribution in [3.63, 3.8) is 0 Å². The molecule has 0 spiro atoms. The molecule has 56 heavy (non-hydrogen) atoms. The van der Waals surface area contributed by atoms with Crippen molar-refractivity contribution < 1.29 is 68.5 Å². The summed E-state index contributed by atoms with van der Waals surface area (Å²) < 4.78 is 22.5. The zero-order valence-electron chi connectivity index (χ0n) is 35.0. The molecule has 0 amide bonds. The fourth-order valence-electron chi connectivity index (χ4n) is 6.63. The highest BCUT2D eigenvalue weighted by molar-refractivity contribution is 5.72. The maximum absolute atomic E-state index is 13.2. The quantitative estimate of drug-likeness (QED) is 0.0255. The van der Waals surface area contributed by atoms with Crippen LogP contribution in [-0.4, -0.2) is 104 Å². The van der Waals surface area contributed by atoms with E-state index < -0.39 is 91.5 Å². The molecule has 0 heterocycles. The number of carbonyl (C=O) groups excluding carboxylic acids is 4. The van der Waals surface area contributed by atoms with Gasteiger partial charge in [0.1, 0.15) is 24.4 Å². The van der Waals surface area contributed by atoms with Crippen molar-refractivity contribution in [3.05, 3.63) is 0 Å². The Morgan fingerprint density at radius 2 is 0.768 bits per heavy atom. The van der Waals surface area contributed by atoms with Crippen molar-refractivity contribution in [2.24, 2.45) is 0 Å². The van der Waals surface area contributed by atoms with Crippen molar-refractivity contribution in [1.29, 1.82) is 0 Å². The molecule has 0 aromatic carbocycles. The molecule has 5 N–H and O–H groups in total. The molecule has 0 aromatic heterocycles. The lowest BCUT2D eigenvalue weighted by Gasteiger charge is -2.26. The Morgan fingerprint density at radius 3 is 1.16 bits per heavy atom. The second-order valence-corrected chi connectivity index (χ2v) is 15.3. The van der Waals surface area contributed by atoms with Gasteiger partial charge < -0.3 is 44.5 Å². The summed E-state index contributed by atoms with van der Waals surface area (Å²) >= 11 is 0. The van der Waals surface area contributed by atoms with Crippen LogP contribution in [-0.2, 0) is 42.9 Å². The number of hydrogen-bond acceptors (Lipinski definition) is 13. The summed E-state index contributed by atoms with van der Waals surface area (Å²) in [6.45, 7) is 9.31. The van der Waals surface area contributed by atoms with Crippen LogP contribution in [0.15, 0.2) is 0 Å². The summed E-state index contributed by atoms with van der Waals surface area (Å²) in [5.41, 5.74) is 0. The summed E-state index contributed by atoms with van der Waals surface area (Å²) in [6.07, 6.45) is 3.15. The smallest absolute Gasteiger partial charge is 0.309 e. The molecule has 14 heteroatoms. The second kappa shape index (κ2) is 33.2. The first-order valence-electron chi connectivity index (χ1n) is 21.3. The van der Waals surface area contributed by atoms with Crippen LogP contribution < -0.4 is 0 Å². The van der Waals surface area contributed by atoms with Gasteiger partial charge in [0, 0.05) is 26.2 Å². The van der Waals surface area contributed by atoms with E-state index in [0.29, 0.717) is 38.5 Å². The first-order chi connectivity index (χ1) is 26.6. The fraction of sp³-hybridized carbons (Fsp3) is 0.881. The van der Waals surface area contributed by atoms with E-state index in [-0.39, 0.29) is 38.5 Å². The number of aliphatic carboxylic acids is 1. The van der Waals surface area contributed by atoms with E-state index >= 15 is 0 Å². The number of rotatable bonds is 36. The zero-order chi connectivity index (χ0) is 42.3. The van der Waals surface area contributed by atoms with Crippen molar-refractivity contribution >= 4 is 29.8 Å². The molecule has 0 fully saturated rings. The molecule has 0 aromatic rings.